The van der Waals surface area contributed by atoms with Crippen LogP contribution in [0.4, 0.5) is 11.4 Å². The van der Waals surface area contributed by atoms with Crippen LogP contribution in [0.25, 0.3) is 0 Å². The molecule has 0 radical (unpaired) electrons. The van der Waals surface area contributed by atoms with Crippen molar-refractivity contribution in [1.29, 1.82) is 0 Å². The second kappa shape index (κ2) is 8.35. The highest BCUT2D eigenvalue weighted by Crippen LogP contribution is 2.34. The normalized spacial score (nSPS) is 12.8. The van der Waals surface area contributed by atoms with Gasteiger partial charge in [0.05, 0.1) is 34.5 Å². The molecular formula is C23H21N3O5S. The molecule has 1 aliphatic rings. The van der Waals surface area contributed by atoms with Crippen LogP contribution in [0.5, 0.6) is 5.75 Å². The summed E-state index contributed by atoms with van der Waals surface area (Å²) in [4.78, 5) is 24.6. The Morgan fingerprint density at radius 2 is 1.72 bits per heavy atom. The lowest BCUT2D eigenvalue weighted by Gasteiger charge is -2.20. The van der Waals surface area contributed by atoms with Crippen LogP contribution < -0.4 is 20.1 Å². The van der Waals surface area contributed by atoms with Crippen molar-refractivity contribution in [2.75, 3.05) is 23.3 Å². The van der Waals surface area contributed by atoms with Gasteiger partial charge in [-0.2, -0.15) is 0 Å². The number of nitrogens with one attached hydrogen (secondary N) is 1. The molecule has 1 heterocycles. The van der Waals surface area contributed by atoms with E-state index in [1.807, 2.05) is 12.1 Å². The van der Waals surface area contributed by atoms with Crippen molar-refractivity contribution in [1.82, 2.24) is 0 Å². The van der Waals surface area contributed by atoms with E-state index < -0.39 is 21.8 Å². The molecule has 4 rings (SSSR count). The quantitative estimate of drug-likeness (QED) is 0.597. The molecule has 8 nitrogen and oxygen atoms in total. The zero-order valence-electron chi connectivity index (χ0n) is 17.2. The SMILES string of the molecule is COc1ccc(S(=O)(=O)N2CCc3ccccc32)cc1C(=O)Nc1ccccc1C(N)=O. The number of ether oxygens (including phenoxy) is 1. The summed E-state index contributed by atoms with van der Waals surface area (Å²) < 4.78 is 33.3. The number of carbonyl (C=O) groups excluding carboxylic acids is 2. The van der Waals surface area contributed by atoms with E-state index in [1.54, 1.807) is 24.3 Å². The molecule has 0 fully saturated rings. The van der Waals surface area contributed by atoms with Gasteiger partial charge in [0.15, 0.2) is 0 Å². The van der Waals surface area contributed by atoms with Gasteiger partial charge in [-0.05, 0) is 48.4 Å². The van der Waals surface area contributed by atoms with Gasteiger partial charge in [-0.3, -0.25) is 13.9 Å². The van der Waals surface area contributed by atoms with E-state index in [0.29, 0.717) is 18.7 Å². The van der Waals surface area contributed by atoms with Gasteiger partial charge >= 0.3 is 0 Å². The Morgan fingerprint density at radius 1 is 1.00 bits per heavy atom. The summed E-state index contributed by atoms with van der Waals surface area (Å²) in [7, 11) is -2.52. The smallest absolute Gasteiger partial charge is 0.264 e. The largest absolute Gasteiger partial charge is 0.496 e. The number of para-hydroxylation sites is 2. The lowest BCUT2D eigenvalue weighted by molar-refractivity contribution is 0.100. The fourth-order valence-corrected chi connectivity index (χ4v) is 5.24. The first-order valence-electron chi connectivity index (χ1n) is 9.82. The summed E-state index contributed by atoms with van der Waals surface area (Å²) in [6.45, 7) is 0.321. The number of nitrogens with two attached hydrogens (primary N) is 1. The highest BCUT2D eigenvalue weighted by Gasteiger charge is 2.31. The Hall–Kier alpha value is -3.85. The summed E-state index contributed by atoms with van der Waals surface area (Å²) in [5, 5.41) is 2.62. The maximum Gasteiger partial charge on any atom is 0.264 e. The molecule has 164 valence electrons. The van der Waals surface area contributed by atoms with Crippen molar-refractivity contribution in [3.63, 3.8) is 0 Å². The van der Waals surface area contributed by atoms with Crippen LogP contribution in [-0.2, 0) is 16.4 Å². The number of fused-ring (bicyclic) bond motifs is 1. The molecule has 0 atom stereocenters. The van der Waals surface area contributed by atoms with E-state index in [9.17, 15) is 18.0 Å². The molecule has 1 aliphatic heterocycles. The minimum absolute atomic E-state index is 0.0142. The number of primary amides is 1. The number of anilines is 2. The number of benzene rings is 3. The molecule has 0 saturated heterocycles. The van der Waals surface area contributed by atoms with E-state index in [4.69, 9.17) is 10.5 Å². The van der Waals surface area contributed by atoms with Crippen molar-refractivity contribution < 1.29 is 22.7 Å². The van der Waals surface area contributed by atoms with Gasteiger partial charge in [-0.15, -0.1) is 0 Å². The fraction of sp³-hybridized carbons (Fsp3) is 0.130. The molecule has 0 saturated carbocycles. The molecule has 3 aromatic rings. The fourth-order valence-electron chi connectivity index (χ4n) is 3.71. The summed E-state index contributed by atoms with van der Waals surface area (Å²) in [5.41, 5.74) is 7.32. The highest BCUT2D eigenvalue weighted by atomic mass is 32.2. The second-order valence-electron chi connectivity index (χ2n) is 7.18. The van der Waals surface area contributed by atoms with E-state index in [1.165, 1.54) is 41.7 Å². The van der Waals surface area contributed by atoms with Crippen molar-refractivity contribution >= 4 is 33.2 Å². The molecule has 3 N–H and O–H groups in total. The molecular weight excluding hydrogens is 430 g/mol. The number of methoxy groups -OCH3 is 1. The third-order valence-electron chi connectivity index (χ3n) is 5.29. The van der Waals surface area contributed by atoms with Gasteiger partial charge < -0.3 is 15.8 Å². The van der Waals surface area contributed by atoms with Crippen LogP contribution in [-0.4, -0.2) is 33.9 Å². The monoisotopic (exact) mass is 451 g/mol. The number of nitrogens with zero attached hydrogens (tertiary/aromatic N) is 1. The predicted molar refractivity (Wildman–Crippen MR) is 121 cm³/mol. The Kier molecular flexibility index (Phi) is 5.58. The van der Waals surface area contributed by atoms with Gasteiger partial charge in [0.1, 0.15) is 5.75 Å². The standard InChI is InChI=1S/C23H21N3O5S/c1-31-21-11-10-16(32(29,30)26-13-12-15-6-2-5-9-20(15)26)14-18(21)23(28)25-19-8-4-3-7-17(19)22(24)27/h2-11,14H,12-13H2,1H3,(H2,24,27)(H,25,28). The van der Waals surface area contributed by atoms with E-state index in [-0.39, 0.29) is 27.5 Å². The number of hydrogen-bond acceptors (Lipinski definition) is 5. The molecule has 2 amide bonds. The molecule has 0 aliphatic carbocycles. The Bertz CT molecular complexity index is 1320. The Labute approximate surface area is 185 Å². The Morgan fingerprint density at radius 3 is 2.47 bits per heavy atom. The maximum atomic E-state index is 13.4. The lowest BCUT2D eigenvalue weighted by atomic mass is 10.1. The molecule has 3 aromatic carbocycles. The van der Waals surface area contributed by atoms with E-state index in [2.05, 4.69) is 5.32 Å². The summed E-state index contributed by atoms with van der Waals surface area (Å²) in [5.74, 6) is -1.13. The van der Waals surface area contributed by atoms with Crippen molar-refractivity contribution in [3.8, 4) is 5.75 Å². The average Bonchev–Trinajstić information content (AvgIpc) is 3.24. The number of hydrogen-bond donors (Lipinski definition) is 2. The van der Waals surface area contributed by atoms with Gasteiger partial charge in [0.2, 0.25) is 0 Å². The molecule has 0 unspecified atom stereocenters. The zero-order valence-corrected chi connectivity index (χ0v) is 18.1. The first kappa shape index (κ1) is 21.4. The van der Waals surface area contributed by atoms with Gasteiger partial charge in [-0.1, -0.05) is 30.3 Å². The number of sulfonamides is 1. The second-order valence-corrected chi connectivity index (χ2v) is 9.04. The van der Waals surface area contributed by atoms with E-state index >= 15 is 0 Å². The van der Waals surface area contributed by atoms with Gasteiger partial charge in [0, 0.05) is 6.54 Å². The van der Waals surface area contributed by atoms with Crippen molar-refractivity contribution in [2.24, 2.45) is 5.73 Å². The van der Waals surface area contributed by atoms with Crippen molar-refractivity contribution in [3.05, 3.63) is 83.4 Å². The first-order valence-corrected chi connectivity index (χ1v) is 11.3. The average molecular weight is 452 g/mol. The maximum absolute atomic E-state index is 13.4. The number of rotatable bonds is 6. The summed E-state index contributed by atoms with van der Waals surface area (Å²) in [6.07, 6.45) is 0.614. The number of amides is 2. The highest BCUT2D eigenvalue weighted by molar-refractivity contribution is 7.92. The van der Waals surface area contributed by atoms with Crippen LogP contribution in [0.1, 0.15) is 26.3 Å². The minimum Gasteiger partial charge on any atom is -0.496 e. The minimum atomic E-state index is -3.90. The molecule has 9 heteroatoms. The zero-order chi connectivity index (χ0) is 22.9. The van der Waals surface area contributed by atoms with E-state index in [0.717, 1.165) is 5.56 Å². The topological polar surface area (TPSA) is 119 Å². The molecule has 0 bridgehead atoms. The van der Waals surface area contributed by atoms with Crippen LogP contribution >= 0.6 is 0 Å². The summed E-state index contributed by atoms with van der Waals surface area (Å²) in [6, 6.07) is 17.7. The van der Waals surface area contributed by atoms with Crippen LogP contribution in [0.3, 0.4) is 0 Å². The molecule has 0 spiro atoms. The van der Waals surface area contributed by atoms with Crippen LogP contribution in [0, 0.1) is 0 Å². The van der Waals surface area contributed by atoms with Gasteiger partial charge in [-0.25, -0.2) is 8.42 Å². The Balaban J connectivity index is 1.71. The molecule has 0 aromatic heterocycles. The predicted octanol–water partition coefficient (Wildman–Crippen LogP) is 2.80. The lowest BCUT2D eigenvalue weighted by Crippen LogP contribution is -2.29. The van der Waals surface area contributed by atoms with Crippen LogP contribution in [0.15, 0.2) is 71.6 Å². The number of carbonyl (C=O) groups is 2. The van der Waals surface area contributed by atoms with Crippen LogP contribution in [0.2, 0.25) is 0 Å². The van der Waals surface area contributed by atoms with Crippen molar-refractivity contribution in [2.45, 2.75) is 11.3 Å². The third-order valence-corrected chi connectivity index (χ3v) is 7.10. The molecule has 32 heavy (non-hydrogen) atoms. The van der Waals surface area contributed by atoms with Gasteiger partial charge in [0.25, 0.3) is 21.8 Å². The summed E-state index contributed by atoms with van der Waals surface area (Å²) >= 11 is 0. The first-order chi connectivity index (χ1) is 15.3. The third kappa shape index (κ3) is 3.78.